The molecule has 0 unspecified atom stereocenters. The zero-order valence-electron chi connectivity index (χ0n) is 18.3. The van der Waals surface area contributed by atoms with Crippen LogP contribution in [0.2, 0.25) is 0 Å². The quantitative estimate of drug-likeness (QED) is 0.166. The molecule has 0 bridgehead atoms. The maximum atomic E-state index is 12.5. The van der Waals surface area contributed by atoms with Gasteiger partial charge in [0.05, 0.1) is 24.0 Å². The second kappa shape index (κ2) is 11.2. The first-order valence-electron chi connectivity index (χ1n) is 9.56. The molecule has 0 radical (unpaired) electrons. The Bertz CT molecular complexity index is 1130. The first kappa shape index (κ1) is 25.5. The first-order chi connectivity index (χ1) is 15.6. The lowest BCUT2D eigenvalue weighted by Gasteiger charge is -2.16. The van der Waals surface area contributed by atoms with Crippen LogP contribution in [0.4, 0.5) is 5.69 Å². The second-order valence-corrected chi connectivity index (χ2v) is 8.74. The van der Waals surface area contributed by atoms with Crippen LogP contribution in [0.15, 0.2) is 52.5 Å². The average molecular weight is 480 g/mol. The summed E-state index contributed by atoms with van der Waals surface area (Å²) >= 11 is 0. The highest BCUT2D eigenvalue weighted by Gasteiger charge is 2.21. The molecule has 0 atom stereocenters. The summed E-state index contributed by atoms with van der Waals surface area (Å²) in [6.07, 6.45) is 0.0517. The molecule has 0 aliphatic carbocycles. The van der Waals surface area contributed by atoms with Gasteiger partial charge in [0.15, 0.2) is 17.3 Å². The molecule has 0 aliphatic heterocycles. The maximum absolute atomic E-state index is 12.5. The number of oxime groups is 1. The number of sulfonamides is 1. The van der Waals surface area contributed by atoms with Gasteiger partial charge in [-0.2, -0.15) is 0 Å². The van der Waals surface area contributed by atoms with Crippen LogP contribution in [0.25, 0.3) is 0 Å². The number of ether oxygens (including phenoxy) is 2. The number of nitro benzene ring substituents is 1. The summed E-state index contributed by atoms with van der Waals surface area (Å²) in [6, 6.07) is 9.35. The SMILES string of the molecule is COc1ccc(/C(N)=N\OC(=O)CCCN(C)S(=O)(=O)c2ccc([N+](=O)[O-])cc2)cc1OC. The molecule has 0 fully saturated rings. The van der Waals surface area contributed by atoms with Crippen molar-refractivity contribution in [1.29, 1.82) is 0 Å². The Morgan fingerprint density at radius 2 is 1.76 bits per heavy atom. The molecular weight excluding hydrogens is 456 g/mol. The van der Waals surface area contributed by atoms with E-state index in [-0.39, 0.29) is 35.8 Å². The standard InChI is InChI=1S/C20H24N4O8S/c1-23(33(28,29)16-9-7-15(8-10-16)24(26)27)12-4-5-19(25)32-22-20(21)14-6-11-17(30-2)18(13-14)31-3/h6-11,13H,4-5,12H2,1-3H3,(H2,21,22). The summed E-state index contributed by atoms with van der Waals surface area (Å²) in [5.74, 6) is 0.178. The van der Waals surface area contributed by atoms with E-state index < -0.39 is 20.9 Å². The number of methoxy groups -OCH3 is 2. The molecule has 0 amide bonds. The summed E-state index contributed by atoms with van der Waals surface area (Å²) in [6.45, 7) is 0.0172. The maximum Gasteiger partial charge on any atom is 0.335 e. The molecule has 2 rings (SSSR count). The van der Waals surface area contributed by atoms with E-state index in [1.54, 1.807) is 18.2 Å². The molecule has 2 aromatic rings. The fourth-order valence-electron chi connectivity index (χ4n) is 2.68. The minimum atomic E-state index is -3.86. The van der Waals surface area contributed by atoms with Crippen molar-refractivity contribution in [1.82, 2.24) is 4.31 Å². The summed E-state index contributed by atoms with van der Waals surface area (Å²) in [7, 11) is 0.435. The number of hydrogen-bond donors (Lipinski definition) is 1. The first-order valence-corrected chi connectivity index (χ1v) is 11.0. The Hall–Kier alpha value is -3.71. The van der Waals surface area contributed by atoms with Crippen molar-refractivity contribution in [2.75, 3.05) is 27.8 Å². The van der Waals surface area contributed by atoms with Crippen LogP contribution in [0.5, 0.6) is 11.5 Å². The van der Waals surface area contributed by atoms with Crippen molar-refractivity contribution in [3.8, 4) is 11.5 Å². The van der Waals surface area contributed by atoms with Crippen molar-refractivity contribution in [2.45, 2.75) is 17.7 Å². The largest absolute Gasteiger partial charge is 0.493 e. The van der Waals surface area contributed by atoms with Crippen molar-refractivity contribution in [3.63, 3.8) is 0 Å². The molecule has 0 saturated carbocycles. The zero-order valence-corrected chi connectivity index (χ0v) is 19.1. The normalized spacial score (nSPS) is 11.8. The van der Waals surface area contributed by atoms with E-state index >= 15 is 0 Å². The molecule has 0 heterocycles. The highest BCUT2D eigenvalue weighted by molar-refractivity contribution is 7.89. The molecule has 2 aromatic carbocycles. The number of rotatable bonds is 11. The number of nitrogens with two attached hydrogens (primary N) is 1. The van der Waals surface area contributed by atoms with Crippen LogP contribution in [0.3, 0.4) is 0 Å². The third-order valence-electron chi connectivity index (χ3n) is 4.53. The monoisotopic (exact) mass is 480 g/mol. The van der Waals surface area contributed by atoms with Crippen LogP contribution in [-0.4, -0.2) is 57.3 Å². The lowest BCUT2D eigenvalue weighted by atomic mass is 10.2. The molecule has 0 saturated heterocycles. The lowest BCUT2D eigenvalue weighted by molar-refractivity contribution is -0.384. The van der Waals surface area contributed by atoms with Gasteiger partial charge in [0, 0.05) is 37.7 Å². The van der Waals surface area contributed by atoms with Gasteiger partial charge < -0.3 is 20.0 Å². The van der Waals surface area contributed by atoms with Gasteiger partial charge >= 0.3 is 5.97 Å². The zero-order chi connectivity index (χ0) is 24.6. The lowest BCUT2D eigenvalue weighted by Crippen LogP contribution is -2.28. The van der Waals surface area contributed by atoms with Gasteiger partial charge in [-0.25, -0.2) is 17.5 Å². The minimum absolute atomic E-state index is 0.0172. The van der Waals surface area contributed by atoms with E-state index in [0.29, 0.717) is 17.1 Å². The Kier molecular flexibility index (Phi) is 8.70. The molecule has 33 heavy (non-hydrogen) atoms. The molecule has 0 spiro atoms. The van der Waals surface area contributed by atoms with Crippen LogP contribution in [0, 0.1) is 10.1 Å². The van der Waals surface area contributed by atoms with E-state index in [1.165, 1.54) is 21.3 Å². The van der Waals surface area contributed by atoms with Crippen molar-refractivity contribution >= 4 is 27.5 Å². The summed E-state index contributed by atoms with van der Waals surface area (Å²) in [5, 5.41) is 14.3. The van der Waals surface area contributed by atoms with Gasteiger partial charge in [-0.1, -0.05) is 5.16 Å². The van der Waals surface area contributed by atoms with Gasteiger partial charge in [-0.15, -0.1) is 0 Å². The smallest absolute Gasteiger partial charge is 0.335 e. The van der Waals surface area contributed by atoms with Crippen LogP contribution >= 0.6 is 0 Å². The van der Waals surface area contributed by atoms with Crippen LogP contribution in [-0.2, 0) is 19.7 Å². The minimum Gasteiger partial charge on any atom is -0.493 e. The second-order valence-electron chi connectivity index (χ2n) is 6.69. The highest BCUT2D eigenvalue weighted by atomic mass is 32.2. The molecule has 13 heteroatoms. The van der Waals surface area contributed by atoms with E-state index in [4.69, 9.17) is 20.0 Å². The molecule has 12 nitrogen and oxygen atoms in total. The fraction of sp³-hybridized carbons (Fsp3) is 0.300. The van der Waals surface area contributed by atoms with E-state index in [1.807, 2.05) is 0 Å². The van der Waals surface area contributed by atoms with Crippen LogP contribution < -0.4 is 15.2 Å². The number of amidine groups is 1. The molecule has 0 aliphatic rings. The van der Waals surface area contributed by atoms with E-state index in [2.05, 4.69) is 5.16 Å². The third-order valence-corrected chi connectivity index (χ3v) is 6.41. The molecule has 2 N–H and O–H groups in total. The van der Waals surface area contributed by atoms with Crippen molar-refractivity contribution in [3.05, 3.63) is 58.1 Å². The van der Waals surface area contributed by atoms with Crippen LogP contribution in [0.1, 0.15) is 18.4 Å². The highest BCUT2D eigenvalue weighted by Crippen LogP contribution is 2.27. The Balaban J connectivity index is 1.89. The predicted octanol–water partition coefficient (Wildman–Crippen LogP) is 1.88. The number of carbonyl (C=O) groups is 1. The Morgan fingerprint density at radius 3 is 2.33 bits per heavy atom. The van der Waals surface area contributed by atoms with Gasteiger partial charge in [0.2, 0.25) is 10.0 Å². The van der Waals surface area contributed by atoms with E-state index in [0.717, 1.165) is 28.6 Å². The van der Waals surface area contributed by atoms with Gasteiger partial charge in [0.1, 0.15) is 0 Å². The molecule has 0 aromatic heterocycles. The average Bonchev–Trinajstić information content (AvgIpc) is 2.81. The Morgan fingerprint density at radius 1 is 1.12 bits per heavy atom. The van der Waals surface area contributed by atoms with Crippen molar-refractivity contribution in [2.24, 2.45) is 10.9 Å². The third kappa shape index (κ3) is 6.63. The van der Waals surface area contributed by atoms with E-state index in [9.17, 15) is 23.3 Å². The van der Waals surface area contributed by atoms with Crippen molar-refractivity contribution < 1.29 is 32.4 Å². The summed E-state index contributed by atoms with van der Waals surface area (Å²) < 4.78 is 36.4. The number of non-ortho nitro benzene ring substituents is 1. The summed E-state index contributed by atoms with van der Waals surface area (Å²) in [4.78, 5) is 26.7. The predicted molar refractivity (Wildman–Crippen MR) is 119 cm³/mol. The summed E-state index contributed by atoms with van der Waals surface area (Å²) in [5.41, 5.74) is 6.07. The number of nitrogens with zero attached hydrogens (tertiary/aromatic N) is 3. The van der Waals surface area contributed by atoms with Gasteiger partial charge in [-0.3, -0.25) is 10.1 Å². The number of hydrogen-bond acceptors (Lipinski definition) is 9. The Labute approximate surface area is 190 Å². The van der Waals surface area contributed by atoms with Gasteiger partial charge in [-0.05, 0) is 36.8 Å². The number of benzene rings is 2. The van der Waals surface area contributed by atoms with Gasteiger partial charge in [0.25, 0.3) is 5.69 Å². The molecule has 178 valence electrons. The number of carbonyl (C=O) groups excluding carboxylic acids is 1. The fourth-order valence-corrected chi connectivity index (χ4v) is 3.89. The molecular formula is C20H24N4O8S. The topological polar surface area (TPSA) is 164 Å². The number of nitro groups is 1.